The summed E-state index contributed by atoms with van der Waals surface area (Å²) in [6, 6.07) is 0. The maximum Gasteiger partial charge on any atom is 0.309 e. The minimum absolute atomic E-state index is 0.572. The van der Waals surface area contributed by atoms with Gasteiger partial charge in [-0.2, -0.15) is 0 Å². The van der Waals surface area contributed by atoms with Crippen LogP contribution >= 0.6 is 0 Å². The van der Waals surface area contributed by atoms with Crippen molar-refractivity contribution in [1.29, 1.82) is 0 Å². The third kappa shape index (κ3) is 7.78. The number of amides is 1. The largest absolute Gasteiger partial charge is 0.617 e. The van der Waals surface area contributed by atoms with Gasteiger partial charge < -0.3 is 9.87 Å². The van der Waals surface area contributed by atoms with Gasteiger partial charge in [-0.1, -0.05) is 11.2 Å². The quantitative estimate of drug-likeness (QED) is 0.322. The molecule has 1 N–H and O–H groups in total. The monoisotopic (exact) mass is 148 g/mol. The van der Waals surface area contributed by atoms with Crippen molar-refractivity contribution in [3.63, 3.8) is 0 Å². The standard InChI is InChI=1S/C5H10NO2S/c1-9(8)4-2-3-6-5-7/h2-4H2,1H3,(H,6,7). The highest BCUT2D eigenvalue weighted by Crippen LogP contribution is 1.85. The number of rotatable bonds is 5. The molecule has 3 nitrogen and oxygen atoms in total. The fourth-order valence-corrected chi connectivity index (χ4v) is 0.966. The fourth-order valence-electron chi connectivity index (χ4n) is 0.415. The number of nitrogens with one attached hydrogen (secondary N) is 1. The molecule has 1 unspecified atom stereocenters. The summed E-state index contributed by atoms with van der Waals surface area (Å²) in [5, 5.41) is 2.36. The molecule has 0 spiro atoms. The third-order valence-corrected chi connectivity index (χ3v) is 1.67. The van der Waals surface area contributed by atoms with Crippen molar-refractivity contribution in [3.05, 3.63) is 0 Å². The van der Waals surface area contributed by atoms with E-state index in [0.717, 1.165) is 6.42 Å². The first kappa shape index (κ1) is 8.78. The molecule has 0 fully saturated rings. The molecule has 0 bridgehead atoms. The van der Waals surface area contributed by atoms with Gasteiger partial charge in [-0.3, -0.25) is 4.79 Å². The highest BCUT2D eigenvalue weighted by molar-refractivity contribution is 7.90. The lowest BCUT2D eigenvalue weighted by atomic mass is 10.5. The van der Waals surface area contributed by atoms with E-state index in [1.165, 1.54) is 0 Å². The maximum absolute atomic E-state index is 10.4. The summed E-state index contributed by atoms with van der Waals surface area (Å²) in [5.74, 6) is 0.648. The van der Waals surface area contributed by atoms with Gasteiger partial charge in [0, 0.05) is 13.0 Å². The zero-order chi connectivity index (χ0) is 7.11. The van der Waals surface area contributed by atoms with Gasteiger partial charge in [0.2, 0.25) is 0 Å². The minimum atomic E-state index is -0.739. The predicted octanol–water partition coefficient (Wildman–Crippen LogP) is -0.588. The van der Waals surface area contributed by atoms with Gasteiger partial charge in [-0.15, -0.1) is 0 Å². The lowest BCUT2D eigenvalue weighted by Crippen LogP contribution is -2.15. The van der Waals surface area contributed by atoms with Gasteiger partial charge in [0.1, 0.15) is 5.75 Å². The first-order valence-corrected chi connectivity index (χ1v) is 4.40. The van der Waals surface area contributed by atoms with E-state index in [2.05, 4.69) is 5.32 Å². The van der Waals surface area contributed by atoms with E-state index in [1.807, 2.05) is 0 Å². The Morgan fingerprint density at radius 1 is 1.78 bits per heavy atom. The van der Waals surface area contributed by atoms with Crippen LogP contribution in [0, 0.1) is 0 Å². The van der Waals surface area contributed by atoms with Crippen molar-refractivity contribution in [2.45, 2.75) is 6.42 Å². The van der Waals surface area contributed by atoms with E-state index >= 15 is 0 Å². The zero-order valence-electron chi connectivity index (χ0n) is 5.35. The Morgan fingerprint density at radius 3 is 2.89 bits per heavy atom. The van der Waals surface area contributed by atoms with Crippen LogP contribution in [0.3, 0.4) is 0 Å². The predicted molar refractivity (Wildman–Crippen MR) is 37.2 cm³/mol. The highest BCUT2D eigenvalue weighted by Gasteiger charge is 1.94. The number of carbonyl (C=O) groups excluding carboxylic acids is 1. The van der Waals surface area contributed by atoms with Crippen LogP contribution < -0.4 is 5.32 Å². The van der Waals surface area contributed by atoms with Crippen LogP contribution in [0.5, 0.6) is 0 Å². The third-order valence-electron chi connectivity index (χ3n) is 0.806. The van der Waals surface area contributed by atoms with Crippen molar-refractivity contribution in [1.82, 2.24) is 5.32 Å². The Morgan fingerprint density at radius 2 is 2.44 bits per heavy atom. The number of hydrogen-bond acceptors (Lipinski definition) is 2. The molecule has 0 aromatic rings. The van der Waals surface area contributed by atoms with Crippen LogP contribution in [-0.2, 0) is 16.0 Å². The Kier molecular flexibility index (Phi) is 5.76. The second-order valence-corrected chi connectivity index (χ2v) is 3.21. The Balaban J connectivity index is 2.82. The highest BCUT2D eigenvalue weighted by atomic mass is 32.2. The molecule has 9 heavy (non-hydrogen) atoms. The van der Waals surface area contributed by atoms with Crippen molar-refractivity contribution >= 4 is 17.6 Å². The SMILES string of the molecule is C[S+]([O-])CCCN[C]=O. The van der Waals surface area contributed by atoms with Crippen LogP contribution in [-0.4, -0.2) is 29.5 Å². The average Bonchev–Trinajstić information content (AvgIpc) is 1.80. The van der Waals surface area contributed by atoms with Crippen LogP contribution in [0.25, 0.3) is 0 Å². The topological polar surface area (TPSA) is 52.2 Å². The van der Waals surface area contributed by atoms with E-state index in [1.54, 1.807) is 12.7 Å². The maximum atomic E-state index is 10.4. The molecule has 0 aliphatic rings. The first-order valence-electron chi connectivity index (χ1n) is 2.67. The summed E-state index contributed by atoms with van der Waals surface area (Å²) in [6.45, 7) is 0.572. The molecule has 4 heteroatoms. The minimum Gasteiger partial charge on any atom is -0.617 e. The first-order chi connectivity index (χ1) is 4.27. The summed E-state index contributed by atoms with van der Waals surface area (Å²) in [4.78, 5) is 9.54. The van der Waals surface area contributed by atoms with Crippen molar-refractivity contribution < 1.29 is 9.35 Å². The van der Waals surface area contributed by atoms with E-state index in [-0.39, 0.29) is 0 Å². The molecule has 0 rings (SSSR count). The molecule has 0 aromatic carbocycles. The van der Waals surface area contributed by atoms with Gasteiger partial charge in [0.05, 0.1) is 6.26 Å². The van der Waals surface area contributed by atoms with Crippen LogP contribution in [0.15, 0.2) is 0 Å². The van der Waals surface area contributed by atoms with E-state index in [4.69, 9.17) is 0 Å². The second-order valence-electron chi connectivity index (χ2n) is 1.66. The summed E-state index contributed by atoms with van der Waals surface area (Å²) in [7, 11) is 0. The van der Waals surface area contributed by atoms with E-state index in [9.17, 15) is 9.35 Å². The van der Waals surface area contributed by atoms with E-state index < -0.39 is 11.2 Å². The van der Waals surface area contributed by atoms with Crippen LogP contribution in [0.4, 0.5) is 0 Å². The molecule has 0 aliphatic heterocycles. The average molecular weight is 148 g/mol. The molecule has 0 heterocycles. The molecule has 1 atom stereocenters. The van der Waals surface area contributed by atoms with Crippen LogP contribution in [0.1, 0.15) is 6.42 Å². The molecule has 1 radical (unpaired) electrons. The molecular weight excluding hydrogens is 138 g/mol. The molecule has 0 aliphatic carbocycles. The molecule has 1 amide bonds. The van der Waals surface area contributed by atoms with Crippen LogP contribution in [0.2, 0.25) is 0 Å². The Hall–Kier alpha value is -0.220. The van der Waals surface area contributed by atoms with Crippen molar-refractivity contribution in [2.24, 2.45) is 0 Å². The lowest BCUT2D eigenvalue weighted by molar-refractivity contribution is 0.541. The van der Waals surface area contributed by atoms with Gasteiger partial charge >= 0.3 is 6.41 Å². The zero-order valence-corrected chi connectivity index (χ0v) is 6.16. The molecule has 0 saturated heterocycles. The number of hydrogen-bond donors (Lipinski definition) is 1. The molecule has 53 valence electrons. The normalized spacial score (nSPS) is 12.7. The molecule has 0 aromatic heterocycles. The van der Waals surface area contributed by atoms with E-state index in [0.29, 0.717) is 12.3 Å². The van der Waals surface area contributed by atoms with Gasteiger partial charge in [0.25, 0.3) is 0 Å². The van der Waals surface area contributed by atoms with Gasteiger partial charge in [-0.05, 0) is 0 Å². The Bertz CT molecular complexity index is 77.4. The van der Waals surface area contributed by atoms with Crippen molar-refractivity contribution in [2.75, 3.05) is 18.6 Å². The molecular formula is C5H10NO2S. The summed E-state index contributed by atoms with van der Waals surface area (Å²) in [5.41, 5.74) is 0. The lowest BCUT2D eigenvalue weighted by Gasteiger charge is -2.02. The fraction of sp³-hybridized carbons (Fsp3) is 0.800. The van der Waals surface area contributed by atoms with Crippen molar-refractivity contribution in [3.8, 4) is 0 Å². The van der Waals surface area contributed by atoms with Gasteiger partial charge in [0.15, 0.2) is 0 Å². The molecule has 0 saturated carbocycles. The second kappa shape index (κ2) is 5.91. The Labute approximate surface area is 58.0 Å². The smallest absolute Gasteiger partial charge is 0.309 e. The summed E-state index contributed by atoms with van der Waals surface area (Å²) < 4.78 is 10.4. The summed E-state index contributed by atoms with van der Waals surface area (Å²) in [6.07, 6.45) is 3.95. The summed E-state index contributed by atoms with van der Waals surface area (Å²) >= 11 is -0.739. The van der Waals surface area contributed by atoms with Gasteiger partial charge in [-0.25, -0.2) is 0 Å².